The minimum atomic E-state index is -0.113. The molecular weight excluding hydrogens is 210 g/mol. The van der Waals surface area contributed by atoms with E-state index in [2.05, 4.69) is 19.2 Å². The Kier molecular flexibility index (Phi) is 2.99. The van der Waals surface area contributed by atoms with Gasteiger partial charge in [-0.25, -0.2) is 0 Å². The van der Waals surface area contributed by atoms with Crippen LogP contribution in [0, 0.1) is 23.2 Å². The Bertz CT molecular complexity index is 251. The molecule has 4 aliphatic rings. The van der Waals surface area contributed by atoms with Gasteiger partial charge in [-0.05, 0) is 61.7 Å². The first-order chi connectivity index (χ1) is 8.07. The highest BCUT2D eigenvalue weighted by atomic mass is 16.3. The van der Waals surface area contributed by atoms with E-state index in [0.29, 0.717) is 6.04 Å². The highest BCUT2D eigenvalue weighted by Crippen LogP contribution is 2.61. The van der Waals surface area contributed by atoms with Gasteiger partial charge >= 0.3 is 0 Å². The van der Waals surface area contributed by atoms with Crippen LogP contribution in [0.15, 0.2) is 0 Å². The second kappa shape index (κ2) is 4.24. The number of hydrogen-bond donors (Lipinski definition) is 2. The number of nitrogens with one attached hydrogen (secondary N) is 1. The molecule has 98 valence electrons. The fourth-order valence-electron chi connectivity index (χ4n) is 5.15. The highest BCUT2D eigenvalue weighted by molar-refractivity contribution is 5.04. The molecule has 4 rings (SSSR count). The molecule has 4 fully saturated rings. The number of aliphatic hydroxyl groups excluding tert-OH is 1. The quantitative estimate of drug-likeness (QED) is 0.787. The summed E-state index contributed by atoms with van der Waals surface area (Å²) in [6.07, 6.45) is 8.19. The van der Waals surface area contributed by atoms with E-state index in [1.165, 1.54) is 38.5 Å². The SMILES string of the molecule is CC(C)NCC(O)C12CC3CC(CC(C3)C1)C2. The molecule has 1 atom stereocenters. The molecule has 2 nitrogen and oxygen atoms in total. The largest absolute Gasteiger partial charge is 0.391 e. The molecule has 0 aromatic rings. The maximum atomic E-state index is 10.6. The van der Waals surface area contributed by atoms with Gasteiger partial charge in [0.15, 0.2) is 0 Å². The van der Waals surface area contributed by atoms with Crippen molar-refractivity contribution in [3.8, 4) is 0 Å². The van der Waals surface area contributed by atoms with Crippen LogP contribution in [-0.4, -0.2) is 23.8 Å². The number of hydrogen-bond acceptors (Lipinski definition) is 2. The molecule has 0 amide bonds. The Balaban J connectivity index is 1.68. The molecule has 2 heteroatoms. The van der Waals surface area contributed by atoms with Crippen LogP contribution in [0.4, 0.5) is 0 Å². The van der Waals surface area contributed by atoms with Crippen molar-refractivity contribution in [3.05, 3.63) is 0 Å². The molecule has 0 aromatic carbocycles. The average molecular weight is 237 g/mol. The van der Waals surface area contributed by atoms with E-state index in [1.54, 1.807) is 0 Å². The molecule has 4 aliphatic carbocycles. The lowest BCUT2D eigenvalue weighted by atomic mass is 9.48. The van der Waals surface area contributed by atoms with Crippen LogP contribution in [0.3, 0.4) is 0 Å². The van der Waals surface area contributed by atoms with Gasteiger partial charge in [-0.15, -0.1) is 0 Å². The normalized spacial score (nSPS) is 45.5. The van der Waals surface area contributed by atoms with Crippen molar-refractivity contribution in [2.45, 2.75) is 64.5 Å². The summed E-state index contributed by atoms with van der Waals surface area (Å²) in [5, 5.41) is 14.0. The van der Waals surface area contributed by atoms with E-state index in [0.717, 1.165) is 24.3 Å². The van der Waals surface area contributed by atoms with Crippen LogP contribution in [0.25, 0.3) is 0 Å². The molecular formula is C15H27NO. The van der Waals surface area contributed by atoms with Crippen LogP contribution in [0.2, 0.25) is 0 Å². The van der Waals surface area contributed by atoms with E-state index >= 15 is 0 Å². The third-order valence-corrected chi connectivity index (χ3v) is 5.51. The predicted molar refractivity (Wildman–Crippen MR) is 69.8 cm³/mol. The first-order valence-corrected chi connectivity index (χ1v) is 7.49. The van der Waals surface area contributed by atoms with E-state index in [-0.39, 0.29) is 11.5 Å². The van der Waals surface area contributed by atoms with Crippen molar-refractivity contribution in [3.63, 3.8) is 0 Å². The second-order valence-corrected chi connectivity index (χ2v) is 7.36. The zero-order valence-electron chi connectivity index (χ0n) is 11.3. The van der Waals surface area contributed by atoms with Gasteiger partial charge in [-0.3, -0.25) is 0 Å². The lowest BCUT2D eigenvalue weighted by molar-refractivity contribution is -0.119. The number of rotatable bonds is 4. The molecule has 0 aliphatic heterocycles. The Morgan fingerprint density at radius 2 is 1.53 bits per heavy atom. The minimum Gasteiger partial charge on any atom is -0.391 e. The van der Waals surface area contributed by atoms with Gasteiger partial charge in [-0.2, -0.15) is 0 Å². The summed E-state index contributed by atoms with van der Waals surface area (Å²) in [7, 11) is 0. The van der Waals surface area contributed by atoms with Crippen molar-refractivity contribution in [2.75, 3.05) is 6.54 Å². The summed E-state index contributed by atoms with van der Waals surface area (Å²) < 4.78 is 0. The summed E-state index contributed by atoms with van der Waals surface area (Å²) in [6, 6.07) is 0.485. The third-order valence-electron chi connectivity index (χ3n) is 5.51. The monoisotopic (exact) mass is 237 g/mol. The van der Waals surface area contributed by atoms with Gasteiger partial charge in [0, 0.05) is 12.6 Å². The summed E-state index contributed by atoms with van der Waals surface area (Å²) in [5.41, 5.74) is 0.288. The standard InChI is InChI=1S/C15H27NO/c1-10(2)16-9-14(17)15-6-11-3-12(7-15)5-13(4-11)8-15/h10-14,16-17H,3-9H2,1-2H3. The molecule has 17 heavy (non-hydrogen) atoms. The maximum Gasteiger partial charge on any atom is 0.0721 e. The Labute approximate surface area is 105 Å². The zero-order valence-corrected chi connectivity index (χ0v) is 11.3. The molecule has 0 saturated heterocycles. The lowest BCUT2D eigenvalue weighted by Crippen LogP contribution is -2.54. The zero-order chi connectivity index (χ0) is 12.0. The lowest BCUT2D eigenvalue weighted by Gasteiger charge is -2.58. The summed E-state index contributed by atoms with van der Waals surface area (Å²) in [4.78, 5) is 0. The molecule has 2 N–H and O–H groups in total. The average Bonchev–Trinajstić information content (AvgIpc) is 2.23. The summed E-state index contributed by atoms with van der Waals surface area (Å²) in [6.45, 7) is 5.11. The van der Waals surface area contributed by atoms with Crippen LogP contribution < -0.4 is 5.32 Å². The van der Waals surface area contributed by atoms with E-state index in [1.807, 2.05) is 0 Å². The molecule has 1 unspecified atom stereocenters. The molecule has 0 heterocycles. The Morgan fingerprint density at radius 1 is 1.06 bits per heavy atom. The Hall–Kier alpha value is -0.0800. The molecule has 0 radical (unpaired) electrons. The van der Waals surface area contributed by atoms with Crippen molar-refractivity contribution >= 4 is 0 Å². The van der Waals surface area contributed by atoms with Crippen molar-refractivity contribution in [1.29, 1.82) is 0 Å². The van der Waals surface area contributed by atoms with Crippen molar-refractivity contribution in [1.82, 2.24) is 5.32 Å². The first kappa shape index (κ1) is 12.0. The first-order valence-electron chi connectivity index (χ1n) is 7.49. The summed E-state index contributed by atoms with van der Waals surface area (Å²) >= 11 is 0. The molecule has 4 bridgehead atoms. The minimum absolute atomic E-state index is 0.113. The van der Waals surface area contributed by atoms with Gasteiger partial charge < -0.3 is 10.4 Å². The predicted octanol–water partition coefficient (Wildman–Crippen LogP) is 2.56. The highest BCUT2D eigenvalue weighted by Gasteiger charge is 2.53. The van der Waals surface area contributed by atoms with Crippen molar-refractivity contribution < 1.29 is 5.11 Å². The molecule has 4 saturated carbocycles. The van der Waals surface area contributed by atoms with Gasteiger partial charge in [0.25, 0.3) is 0 Å². The smallest absolute Gasteiger partial charge is 0.0721 e. The van der Waals surface area contributed by atoms with Gasteiger partial charge in [0.05, 0.1) is 6.10 Å². The van der Waals surface area contributed by atoms with E-state index in [4.69, 9.17) is 0 Å². The number of aliphatic hydroxyl groups is 1. The topological polar surface area (TPSA) is 32.3 Å². The van der Waals surface area contributed by atoms with Crippen LogP contribution in [0.5, 0.6) is 0 Å². The van der Waals surface area contributed by atoms with Gasteiger partial charge in [0.1, 0.15) is 0 Å². The second-order valence-electron chi connectivity index (χ2n) is 7.36. The van der Waals surface area contributed by atoms with Gasteiger partial charge in [-0.1, -0.05) is 13.8 Å². The summed E-state index contributed by atoms with van der Waals surface area (Å²) in [5.74, 6) is 2.82. The molecule has 0 spiro atoms. The fourth-order valence-corrected chi connectivity index (χ4v) is 5.15. The fraction of sp³-hybridized carbons (Fsp3) is 1.00. The third kappa shape index (κ3) is 2.15. The van der Waals surface area contributed by atoms with Crippen LogP contribution in [-0.2, 0) is 0 Å². The Morgan fingerprint density at radius 3 is 1.94 bits per heavy atom. The van der Waals surface area contributed by atoms with Crippen molar-refractivity contribution in [2.24, 2.45) is 23.2 Å². The van der Waals surface area contributed by atoms with Gasteiger partial charge in [0.2, 0.25) is 0 Å². The van der Waals surface area contributed by atoms with E-state index < -0.39 is 0 Å². The van der Waals surface area contributed by atoms with E-state index in [9.17, 15) is 5.11 Å². The van der Waals surface area contributed by atoms with Crippen LogP contribution in [0.1, 0.15) is 52.4 Å². The molecule has 0 aromatic heterocycles. The van der Waals surface area contributed by atoms with Crippen LogP contribution >= 0.6 is 0 Å². The maximum absolute atomic E-state index is 10.6.